The van der Waals surface area contributed by atoms with Gasteiger partial charge in [-0.15, -0.1) is 0 Å². The zero-order chi connectivity index (χ0) is 14.0. The van der Waals surface area contributed by atoms with E-state index in [0.717, 1.165) is 10.5 Å². The van der Waals surface area contributed by atoms with E-state index in [4.69, 9.17) is 5.11 Å². The summed E-state index contributed by atoms with van der Waals surface area (Å²) < 4.78 is 0. The van der Waals surface area contributed by atoms with Crippen LogP contribution in [0.25, 0.3) is 0 Å². The Kier molecular flexibility index (Phi) is 3.52. The maximum absolute atomic E-state index is 11.9. The molecular formula is C13H14N2O4. The maximum Gasteiger partial charge on any atom is 0.277 e. The Hall–Kier alpha value is -2.34. The highest BCUT2D eigenvalue weighted by molar-refractivity contribution is 6.17. The first-order chi connectivity index (χ1) is 9.02. The van der Waals surface area contributed by atoms with Gasteiger partial charge in [0.25, 0.3) is 11.8 Å². The van der Waals surface area contributed by atoms with Gasteiger partial charge in [-0.3, -0.25) is 14.5 Å². The highest BCUT2D eigenvalue weighted by atomic mass is 16.3. The standard InChI is InChI=1S/C13H14N2O4/c1-8-6-9(17)2-3-10(8)14-11-7-12(18)15(4-5-16)13(11)19/h2-3,6-7,14,16-17H,4-5H2,1H3. The van der Waals surface area contributed by atoms with Crippen molar-refractivity contribution in [3.05, 3.63) is 35.5 Å². The number of phenolic OH excluding ortho intramolecular Hbond substituents is 1. The first-order valence-corrected chi connectivity index (χ1v) is 5.78. The number of aromatic hydroxyl groups is 1. The van der Waals surface area contributed by atoms with E-state index >= 15 is 0 Å². The van der Waals surface area contributed by atoms with Crippen molar-refractivity contribution in [2.75, 3.05) is 18.5 Å². The highest BCUT2D eigenvalue weighted by Crippen LogP contribution is 2.23. The molecule has 100 valence electrons. The van der Waals surface area contributed by atoms with Crippen LogP contribution in [0.3, 0.4) is 0 Å². The van der Waals surface area contributed by atoms with Crippen molar-refractivity contribution in [1.29, 1.82) is 0 Å². The minimum Gasteiger partial charge on any atom is -0.508 e. The molecule has 1 aromatic rings. The van der Waals surface area contributed by atoms with Crippen molar-refractivity contribution in [2.45, 2.75) is 6.92 Å². The number of amides is 2. The van der Waals surface area contributed by atoms with Crippen molar-refractivity contribution in [3.63, 3.8) is 0 Å². The van der Waals surface area contributed by atoms with E-state index in [1.807, 2.05) is 0 Å². The highest BCUT2D eigenvalue weighted by Gasteiger charge is 2.30. The molecule has 3 N–H and O–H groups in total. The SMILES string of the molecule is Cc1cc(O)ccc1NC1=CC(=O)N(CCO)C1=O. The molecule has 0 saturated carbocycles. The number of nitrogens with zero attached hydrogens (tertiary/aromatic N) is 1. The average Bonchev–Trinajstić information content (AvgIpc) is 2.61. The second-order valence-corrected chi connectivity index (χ2v) is 4.20. The molecule has 6 heteroatoms. The molecular weight excluding hydrogens is 248 g/mol. The van der Waals surface area contributed by atoms with Gasteiger partial charge < -0.3 is 15.5 Å². The van der Waals surface area contributed by atoms with Gasteiger partial charge in [-0.2, -0.15) is 0 Å². The van der Waals surface area contributed by atoms with E-state index < -0.39 is 11.8 Å². The molecule has 1 aliphatic rings. The fraction of sp³-hybridized carbons (Fsp3) is 0.231. The van der Waals surface area contributed by atoms with Crippen molar-refractivity contribution in [3.8, 4) is 5.75 Å². The van der Waals surface area contributed by atoms with Crippen LogP contribution < -0.4 is 5.32 Å². The third kappa shape index (κ3) is 2.58. The predicted molar refractivity (Wildman–Crippen MR) is 68.4 cm³/mol. The van der Waals surface area contributed by atoms with Crippen molar-refractivity contribution < 1.29 is 19.8 Å². The predicted octanol–water partition coefficient (Wildman–Crippen LogP) is 0.358. The van der Waals surface area contributed by atoms with Crippen LogP contribution in [-0.4, -0.2) is 40.1 Å². The van der Waals surface area contributed by atoms with Gasteiger partial charge in [0.2, 0.25) is 0 Å². The van der Waals surface area contributed by atoms with E-state index in [9.17, 15) is 14.7 Å². The first-order valence-electron chi connectivity index (χ1n) is 5.78. The number of rotatable bonds is 4. The summed E-state index contributed by atoms with van der Waals surface area (Å²) in [6.45, 7) is 1.49. The average molecular weight is 262 g/mol. The number of benzene rings is 1. The Morgan fingerprint density at radius 1 is 1.32 bits per heavy atom. The van der Waals surface area contributed by atoms with Crippen LogP contribution in [0, 0.1) is 6.92 Å². The summed E-state index contributed by atoms with van der Waals surface area (Å²) in [7, 11) is 0. The lowest BCUT2D eigenvalue weighted by Gasteiger charge is -2.14. The third-order valence-electron chi connectivity index (χ3n) is 2.81. The van der Waals surface area contributed by atoms with Crippen molar-refractivity contribution >= 4 is 17.5 Å². The number of aliphatic hydroxyl groups is 1. The molecule has 1 aromatic carbocycles. The first kappa shape index (κ1) is 13.1. The van der Waals surface area contributed by atoms with Crippen LogP contribution in [0.2, 0.25) is 0 Å². The lowest BCUT2D eigenvalue weighted by Crippen LogP contribution is -2.34. The number of phenols is 1. The molecule has 0 atom stereocenters. The van der Waals surface area contributed by atoms with E-state index in [1.165, 1.54) is 12.1 Å². The second kappa shape index (κ2) is 5.11. The number of imide groups is 1. The largest absolute Gasteiger partial charge is 0.508 e. The molecule has 0 spiro atoms. The maximum atomic E-state index is 11.9. The summed E-state index contributed by atoms with van der Waals surface area (Å²) in [5.74, 6) is -0.780. The Labute approximate surface area is 110 Å². The Balaban J connectivity index is 2.18. The number of aryl methyl sites for hydroxylation is 1. The molecule has 0 fully saturated rings. The van der Waals surface area contributed by atoms with Gasteiger partial charge in [-0.25, -0.2) is 0 Å². The number of hydrogen-bond donors (Lipinski definition) is 3. The molecule has 19 heavy (non-hydrogen) atoms. The van der Waals surface area contributed by atoms with Crippen LogP contribution in [0.15, 0.2) is 30.0 Å². The zero-order valence-electron chi connectivity index (χ0n) is 10.4. The van der Waals surface area contributed by atoms with Crippen molar-refractivity contribution in [2.24, 2.45) is 0 Å². The summed E-state index contributed by atoms with van der Waals surface area (Å²) in [5, 5.41) is 21.0. The van der Waals surface area contributed by atoms with Gasteiger partial charge in [0.15, 0.2) is 0 Å². The molecule has 0 aromatic heterocycles. The summed E-state index contributed by atoms with van der Waals surface area (Å²) in [6.07, 6.45) is 1.20. The Morgan fingerprint density at radius 3 is 2.68 bits per heavy atom. The fourth-order valence-corrected chi connectivity index (χ4v) is 1.84. The minimum atomic E-state index is -0.466. The van der Waals surface area contributed by atoms with Gasteiger partial charge in [0, 0.05) is 11.8 Å². The Bertz CT molecular complexity index is 566. The summed E-state index contributed by atoms with van der Waals surface area (Å²) in [4.78, 5) is 24.4. The number of nitrogens with one attached hydrogen (secondary N) is 1. The van der Waals surface area contributed by atoms with Gasteiger partial charge in [-0.05, 0) is 30.7 Å². The normalized spacial score (nSPS) is 14.8. The summed E-state index contributed by atoms with van der Waals surface area (Å²) >= 11 is 0. The molecule has 2 amide bonds. The number of carbonyl (C=O) groups is 2. The van der Waals surface area contributed by atoms with Crippen LogP contribution >= 0.6 is 0 Å². The molecule has 0 unspecified atom stereocenters. The van der Waals surface area contributed by atoms with Crippen LogP contribution in [0.5, 0.6) is 5.75 Å². The number of aliphatic hydroxyl groups excluding tert-OH is 1. The topological polar surface area (TPSA) is 89.9 Å². The quantitative estimate of drug-likeness (QED) is 0.538. The monoisotopic (exact) mass is 262 g/mol. The molecule has 1 aliphatic heterocycles. The molecule has 1 heterocycles. The summed E-state index contributed by atoms with van der Waals surface area (Å²) in [6, 6.07) is 4.66. The third-order valence-corrected chi connectivity index (χ3v) is 2.81. The van der Waals surface area contributed by atoms with Gasteiger partial charge in [0.05, 0.1) is 13.2 Å². The van der Waals surface area contributed by atoms with E-state index in [2.05, 4.69) is 5.32 Å². The summed E-state index contributed by atoms with van der Waals surface area (Å²) in [5.41, 5.74) is 1.55. The van der Waals surface area contributed by atoms with Gasteiger partial charge >= 0.3 is 0 Å². The van der Waals surface area contributed by atoms with E-state index in [1.54, 1.807) is 19.1 Å². The molecule has 0 aliphatic carbocycles. The smallest absolute Gasteiger partial charge is 0.277 e. The number of β-amino-alcohol motifs (C(OH)–C–C–N with tert-alkyl or cyclic N) is 1. The van der Waals surface area contributed by atoms with Gasteiger partial charge in [-0.1, -0.05) is 0 Å². The second-order valence-electron chi connectivity index (χ2n) is 4.20. The molecule has 6 nitrogen and oxygen atoms in total. The van der Waals surface area contributed by atoms with Crippen LogP contribution in [-0.2, 0) is 9.59 Å². The fourth-order valence-electron chi connectivity index (χ4n) is 1.84. The number of carbonyl (C=O) groups excluding carboxylic acids is 2. The number of anilines is 1. The molecule has 0 radical (unpaired) electrons. The Morgan fingerprint density at radius 2 is 2.05 bits per heavy atom. The van der Waals surface area contributed by atoms with Crippen LogP contribution in [0.4, 0.5) is 5.69 Å². The zero-order valence-corrected chi connectivity index (χ0v) is 10.4. The van der Waals surface area contributed by atoms with Crippen LogP contribution in [0.1, 0.15) is 5.56 Å². The lowest BCUT2D eigenvalue weighted by atomic mass is 10.2. The lowest BCUT2D eigenvalue weighted by molar-refractivity contribution is -0.137. The van der Waals surface area contributed by atoms with Crippen molar-refractivity contribution in [1.82, 2.24) is 4.90 Å². The van der Waals surface area contributed by atoms with E-state index in [-0.39, 0.29) is 24.6 Å². The van der Waals surface area contributed by atoms with Gasteiger partial charge in [0.1, 0.15) is 11.4 Å². The number of hydrogen-bond acceptors (Lipinski definition) is 5. The molecule has 0 saturated heterocycles. The molecule has 0 bridgehead atoms. The van der Waals surface area contributed by atoms with E-state index in [0.29, 0.717) is 5.69 Å². The molecule has 2 rings (SSSR count). The minimum absolute atomic E-state index is 0.0199.